The van der Waals surface area contributed by atoms with Gasteiger partial charge in [-0.3, -0.25) is 4.79 Å². The van der Waals surface area contributed by atoms with E-state index in [-0.39, 0.29) is 30.9 Å². The van der Waals surface area contributed by atoms with E-state index in [0.29, 0.717) is 5.56 Å². The number of hydrogen-bond donors (Lipinski definition) is 2. The number of ether oxygens (including phenoxy) is 1. The van der Waals surface area contributed by atoms with Crippen molar-refractivity contribution < 1.29 is 23.8 Å². The monoisotopic (exact) mass is 311 g/mol. The highest BCUT2D eigenvalue weighted by Gasteiger charge is 2.21. The van der Waals surface area contributed by atoms with Crippen molar-refractivity contribution >= 4 is 11.9 Å². The zero-order chi connectivity index (χ0) is 16.8. The highest BCUT2D eigenvalue weighted by molar-refractivity contribution is 5.84. The van der Waals surface area contributed by atoms with Gasteiger partial charge in [-0.2, -0.15) is 0 Å². The van der Waals surface area contributed by atoms with Crippen LogP contribution >= 0.6 is 0 Å². The quantitative estimate of drug-likeness (QED) is 0.809. The molecule has 0 saturated carbocycles. The van der Waals surface area contributed by atoms with E-state index in [1.807, 2.05) is 20.8 Å². The molecule has 1 aromatic carbocycles. The van der Waals surface area contributed by atoms with E-state index >= 15 is 0 Å². The van der Waals surface area contributed by atoms with Gasteiger partial charge in [0.15, 0.2) is 0 Å². The average molecular weight is 311 g/mol. The third-order valence-corrected chi connectivity index (χ3v) is 2.85. The zero-order valence-electron chi connectivity index (χ0n) is 13.1. The molecule has 0 fully saturated rings. The molecule has 0 aliphatic heterocycles. The summed E-state index contributed by atoms with van der Waals surface area (Å²) >= 11 is 0. The fourth-order valence-corrected chi connectivity index (χ4v) is 1.77. The topological polar surface area (TPSA) is 75.6 Å². The second-order valence-corrected chi connectivity index (χ2v) is 6.01. The molecule has 0 heterocycles. The minimum atomic E-state index is -1.11. The molecule has 22 heavy (non-hydrogen) atoms. The van der Waals surface area contributed by atoms with Crippen LogP contribution in [0, 0.1) is 5.82 Å². The Balaban J connectivity index is 2.50. The first-order chi connectivity index (χ1) is 10.2. The molecule has 0 aliphatic carbocycles. The normalized spacial score (nSPS) is 12.7. The maximum absolute atomic E-state index is 12.8. The van der Waals surface area contributed by atoms with Gasteiger partial charge in [0.25, 0.3) is 0 Å². The Hall–Kier alpha value is -1.95. The largest absolute Gasteiger partial charge is 0.480 e. The first-order valence-electron chi connectivity index (χ1n) is 7.08. The number of carbonyl (C=O) groups excluding carboxylic acids is 1. The summed E-state index contributed by atoms with van der Waals surface area (Å²) in [6.45, 7) is 5.85. The lowest BCUT2D eigenvalue weighted by Crippen LogP contribution is -2.42. The molecule has 1 amide bonds. The molecular formula is C16H22FNO4. The van der Waals surface area contributed by atoms with Crippen molar-refractivity contribution in [3.05, 3.63) is 35.6 Å². The molecule has 0 radical (unpaired) electrons. The van der Waals surface area contributed by atoms with Crippen molar-refractivity contribution in [2.75, 3.05) is 6.61 Å². The number of rotatable bonds is 7. The van der Waals surface area contributed by atoms with E-state index in [4.69, 9.17) is 9.84 Å². The lowest BCUT2D eigenvalue weighted by Gasteiger charge is -2.21. The molecule has 1 unspecified atom stereocenters. The van der Waals surface area contributed by atoms with Gasteiger partial charge in [-0.25, -0.2) is 9.18 Å². The number of aliphatic carboxylic acids is 1. The Morgan fingerprint density at radius 2 is 1.86 bits per heavy atom. The van der Waals surface area contributed by atoms with Crippen LogP contribution < -0.4 is 5.32 Å². The number of carboxylic acid groups (broad SMARTS) is 1. The van der Waals surface area contributed by atoms with Crippen LogP contribution in [0.1, 0.15) is 32.8 Å². The highest BCUT2D eigenvalue weighted by Crippen LogP contribution is 2.08. The standard InChI is InChI=1S/C16H22FNO4/c1-16(2,3)22-9-8-13(15(20)21)18-14(19)10-11-4-6-12(17)7-5-11/h4-7,13H,8-10H2,1-3H3,(H,18,19)(H,20,21). The summed E-state index contributed by atoms with van der Waals surface area (Å²) in [6.07, 6.45) is 0.186. The number of benzene rings is 1. The molecule has 1 atom stereocenters. The van der Waals surface area contributed by atoms with E-state index in [0.717, 1.165) is 0 Å². The minimum absolute atomic E-state index is 0.00415. The summed E-state index contributed by atoms with van der Waals surface area (Å²) in [4.78, 5) is 23.0. The molecule has 1 rings (SSSR count). The van der Waals surface area contributed by atoms with Gasteiger partial charge in [0.2, 0.25) is 5.91 Å². The predicted octanol–water partition coefficient (Wildman–Crippen LogP) is 2.14. The van der Waals surface area contributed by atoms with Crippen molar-refractivity contribution in [1.29, 1.82) is 0 Å². The smallest absolute Gasteiger partial charge is 0.326 e. The van der Waals surface area contributed by atoms with Gasteiger partial charge >= 0.3 is 5.97 Å². The molecule has 6 heteroatoms. The van der Waals surface area contributed by atoms with Gasteiger partial charge in [0, 0.05) is 13.0 Å². The third kappa shape index (κ3) is 7.17. The van der Waals surface area contributed by atoms with E-state index in [2.05, 4.69) is 5.32 Å². The van der Waals surface area contributed by atoms with Gasteiger partial charge in [-0.15, -0.1) is 0 Å². The van der Waals surface area contributed by atoms with Gasteiger partial charge in [-0.05, 0) is 38.5 Å². The summed E-state index contributed by atoms with van der Waals surface area (Å²) in [5.74, 6) is -1.91. The van der Waals surface area contributed by atoms with Crippen LogP contribution in [0.2, 0.25) is 0 Å². The van der Waals surface area contributed by atoms with Crippen LogP contribution in [0.15, 0.2) is 24.3 Å². The Bertz CT molecular complexity index is 508. The SMILES string of the molecule is CC(C)(C)OCCC(NC(=O)Cc1ccc(F)cc1)C(=O)O. The van der Waals surface area contributed by atoms with Crippen molar-refractivity contribution in [3.63, 3.8) is 0 Å². The Kier molecular flexibility index (Phi) is 6.49. The number of nitrogens with one attached hydrogen (secondary N) is 1. The number of halogens is 1. The number of carboxylic acids is 1. The summed E-state index contributed by atoms with van der Waals surface area (Å²) in [5, 5.41) is 11.6. The minimum Gasteiger partial charge on any atom is -0.480 e. The molecule has 0 spiro atoms. The second-order valence-electron chi connectivity index (χ2n) is 6.01. The van der Waals surface area contributed by atoms with Crippen molar-refractivity contribution in [2.24, 2.45) is 0 Å². The second kappa shape index (κ2) is 7.89. The summed E-state index contributed by atoms with van der Waals surface area (Å²) in [5.41, 5.74) is 0.259. The summed E-state index contributed by atoms with van der Waals surface area (Å²) in [6, 6.07) is 4.50. The molecule has 122 valence electrons. The van der Waals surface area contributed by atoms with Crippen LogP contribution in [0.5, 0.6) is 0 Å². The van der Waals surface area contributed by atoms with E-state index < -0.39 is 17.9 Å². The molecule has 1 aromatic rings. The van der Waals surface area contributed by atoms with E-state index in [1.165, 1.54) is 24.3 Å². The molecule has 2 N–H and O–H groups in total. The Morgan fingerprint density at radius 3 is 2.36 bits per heavy atom. The van der Waals surface area contributed by atoms with Crippen LogP contribution in [-0.2, 0) is 20.7 Å². The van der Waals surface area contributed by atoms with Crippen LogP contribution in [-0.4, -0.2) is 35.2 Å². The first kappa shape index (κ1) is 18.1. The van der Waals surface area contributed by atoms with E-state index in [9.17, 15) is 14.0 Å². The van der Waals surface area contributed by atoms with Crippen LogP contribution in [0.25, 0.3) is 0 Å². The Morgan fingerprint density at radius 1 is 1.27 bits per heavy atom. The van der Waals surface area contributed by atoms with Crippen molar-refractivity contribution in [3.8, 4) is 0 Å². The summed E-state index contributed by atoms with van der Waals surface area (Å²) in [7, 11) is 0. The number of amides is 1. The lowest BCUT2D eigenvalue weighted by atomic mass is 10.1. The van der Waals surface area contributed by atoms with Gasteiger partial charge < -0.3 is 15.2 Å². The van der Waals surface area contributed by atoms with Gasteiger partial charge in [0.1, 0.15) is 11.9 Å². The fraction of sp³-hybridized carbons (Fsp3) is 0.500. The fourth-order valence-electron chi connectivity index (χ4n) is 1.77. The van der Waals surface area contributed by atoms with E-state index in [1.54, 1.807) is 0 Å². The van der Waals surface area contributed by atoms with Crippen LogP contribution in [0.4, 0.5) is 4.39 Å². The summed E-state index contributed by atoms with van der Waals surface area (Å²) < 4.78 is 18.3. The zero-order valence-corrected chi connectivity index (χ0v) is 13.1. The van der Waals surface area contributed by atoms with Crippen molar-refractivity contribution in [2.45, 2.75) is 45.3 Å². The lowest BCUT2D eigenvalue weighted by molar-refractivity contribution is -0.142. The molecule has 5 nitrogen and oxygen atoms in total. The first-order valence-corrected chi connectivity index (χ1v) is 7.08. The average Bonchev–Trinajstić information content (AvgIpc) is 2.38. The van der Waals surface area contributed by atoms with Gasteiger partial charge in [-0.1, -0.05) is 12.1 Å². The Labute approximate surface area is 129 Å². The number of hydrogen-bond acceptors (Lipinski definition) is 3. The predicted molar refractivity (Wildman–Crippen MR) is 80.0 cm³/mol. The highest BCUT2D eigenvalue weighted by atomic mass is 19.1. The molecule has 0 saturated heterocycles. The molecule has 0 bridgehead atoms. The van der Waals surface area contributed by atoms with Crippen LogP contribution in [0.3, 0.4) is 0 Å². The third-order valence-electron chi connectivity index (χ3n) is 2.85. The maximum atomic E-state index is 12.8. The molecule has 0 aromatic heterocycles. The number of carbonyl (C=O) groups is 2. The molecule has 0 aliphatic rings. The molecular weight excluding hydrogens is 289 g/mol. The van der Waals surface area contributed by atoms with Gasteiger partial charge in [0.05, 0.1) is 12.0 Å². The van der Waals surface area contributed by atoms with Crippen molar-refractivity contribution in [1.82, 2.24) is 5.32 Å². The maximum Gasteiger partial charge on any atom is 0.326 e.